The average Bonchev–Trinajstić information content (AvgIpc) is 2.25. The molecule has 18 heavy (non-hydrogen) atoms. The first kappa shape index (κ1) is 12.9. The van der Waals surface area contributed by atoms with Gasteiger partial charge in [-0.1, -0.05) is 6.08 Å². The highest BCUT2D eigenvalue weighted by Crippen LogP contribution is 2.34. The number of hydrogen-bond acceptors (Lipinski definition) is 3. The monoisotopic (exact) mass is 278 g/mol. The lowest BCUT2D eigenvalue weighted by atomic mass is 10.1. The summed E-state index contributed by atoms with van der Waals surface area (Å²) in [5, 5.41) is 0. The van der Waals surface area contributed by atoms with Gasteiger partial charge in [-0.2, -0.15) is 13.2 Å². The minimum Gasteiger partial charge on any atom is -0.476 e. The zero-order valence-electron chi connectivity index (χ0n) is 9.23. The maximum absolute atomic E-state index is 12.4. The molecule has 0 amide bonds. The van der Waals surface area contributed by atoms with E-state index in [9.17, 15) is 21.6 Å². The zero-order chi connectivity index (χ0) is 13.6. The van der Waals surface area contributed by atoms with Crippen LogP contribution in [-0.4, -0.2) is 27.0 Å². The normalized spacial score (nSPS) is 19.2. The number of alkyl halides is 3. The third kappa shape index (κ3) is 2.50. The Kier molecular flexibility index (Phi) is 2.89. The van der Waals surface area contributed by atoms with Crippen molar-refractivity contribution in [1.82, 2.24) is 0 Å². The van der Waals surface area contributed by atoms with Gasteiger partial charge >= 0.3 is 6.18 Å². The maximum atomic E-state index is 12.4. The third-order valence-electron chi connectivity index (χ3n) is 2.44. The topological polar surface area (TPSA) is 43.4 Å². The highest BCUT2D eigenvalue weighted by molar-refractivity contribution is 7.90. The summed E-state index contributed by atoms with van der Waals surface area (Å²) in [5.41, 5.74) is 0.318. The van der Waals surface area contributed by atoms with Gasteiger partial charge in [-0.05, 0) is 24.3 Å². The fraction of sp³-hybridized carbons (Fsp3) is 0.273. The van der Waals surface area contributed by atoms with E-state index in [1.165, 1.54) is 24.3 Å². The molecule has 1 aliphatic rings. The smallest absolute Gasteiger partial charge is 0.429 e. The Morgan fingerprint density at radius 1 is 1.28 bits per heavy atom. The first-order chi connectivity index (χ1) is 8.18. The van der Waals surface area contributed by atoms with Gasteiger partial charge in [-0.15, -0.1) is 0 Å². The van der Waals surface area contributed by atoms with Crippen LogP contribution in [0.15, 0.2) is 29.2 Å². The van der Waals surface area contributed by atoms with Crippen LogP contribution in [0.2, 0.25) is 0 Å². The third-order valence-corrected chi connectivity index (χ3v) is 3.55. The minimum atomic E-state index is -4.48. The van der Waals surface area contributed by atoms with E-state index >= 15 is 0 Å². The fourth-order valence-corrected chi connectivity index (χ4v) is 2.19. The van der Waals surface area contributed by atoms with E-state index in [0.29, 0.717) is 5.56 Å². The molecule has 0 radical (unpaired) electrons. The number of benzene rings is 1. The van der Waals surface area contributed by atoms with Crippen molar-refractivity contribution >= 4 is 15.9 Å². The van der Waals surface area contributed by atoms with Gasteiger partial charge in [0.2, 0.25) is 6.10 Å². The molecule has 2 rings (SSSR count). The predicted octanol–water partition coefficient (Wildman–Crippen LogP) is 2.43. The van der Waals surface area contributed by atoms with E-state index < -0.39 is 22.1 Å². The molecule has 0 N–H and O–H groups in total. The lowest BCUT2D eigenvalue weighted by molar-refractivity contribution is -0.180. The van der Waals surface area contributed by atoms with E-state index in [4.69, 9.17) is 4.74 Å². The van der Waals surface area contributed by atoms with Crippen LogP contribution in [0.5, 0.6) is 5.75 Å². The van der Waals surface area contributed by atoms with Crippen molar-refractivity contribution in [2.75, 3.05) is 6.26 Å². The lowest BCUT2D eigenvalue weighted by Gasteiger charge is -2.23. The number of fused-ring (bicyclic) bond motifs is 1. The molecular weight excluding hydrogens is 269 g/mol. The minimum absolute atomic E-state index is 0.0206. The molecule has 1 aromatic rings. The zero-order valence-corrected chi connectivity index (χ0v) is 10.0. The Balaban J connectivity index is 2.39. The largest absolute Gasteiger partial charge is 0.476 e. The average molecular weight is 278 g/mol. The second-order valence-electron chi connectivity index (χ2n) is 3.91. The standard InChI is InChI=1S/C11H9F3O3S/c1-18(15,16)8-3-4-9-7(6-8)2-5-10(17-9)11(12,13)14/h2-6,10H,1H3/t10-/m0/s1. The summed E-state index contributed by atoms with van der Waals surface area (Å²) >= 11 is 0. The van der Waals surface area contributed by atoms with Crippen LogP contribution in [0.1, 0.15) is 5.56 Å². The second kappa shape index (κ2) is 4.01. The van der Waals surface area contributed by atoms with E-state index in [0.717, 1.165) is 12.3 Å². The van der Waals surface area contributed by atoms with Crippen molar-refractivity contribution in [3.05, 3.63) is 29.8 Å². The highest BCUT2D eigenvalue weighted by Gasteiger charge is 2.41. The SMILES string of the molecule is CS(=O)(=O)c1ccc2c(c1)C=C[C@@H](C(F)(F)F)O2. The summed E-state index contributed by atoms with van der Waals surface area (Å²) in [6.45, 7) is 0. The Labute approximate surface area is 102 Å². The molecule has 0 fully saturated rings. The number of halogens is 3. The number of rotatable bonds is 1. The molecule has 0 unspecified atom stereocenters. The molecule has 1 aliphatic heterocycles. The van der Waals surface area contributed by atoms with Gasteiger partial charge in [-0.25, -0.2) is 8.42 Å². The predicted molar refractivity (Wildman–Crippen MR) is 59.1 cm³/mol. The van der Waals surface area contributed by atoms with Crippen molar-refractivity contribution in [3.63, 3.8) is 0 Å². The van der Waals surface area contributed by atoms with E-state index in [2.05, 4.69) is 0 Å². The van der Waals surface area contributed by atoms with Crippen LogP contribution in [0.4, 0.5) is 13.2 Å². The molecule has 1 aromatic carbocycles. The van der Waals surface area contributed by atoms with Gasteiger partial charge in [0, 0.05) is 11.8 Å². The molecular formula is C11H9F3O3S. The molecule has 98 valence electrons. The first-order valence-corrected chi connectivity index (χ1v) is 6.83. The van der Waals surface area contributed by atoms with Gasteiger partial charge in [-0.3, -0.25) is 0 Å². The van der Waals surface area contributed by atoms with Crippen LogP contribution in [0.3, 0.4) is 0 Å². The highest BCUT2D eigenvalue weighted by atomic mass is 32.2. The number of ether oxygens (including phenoxy) is 1. The van der Waals surface area contributed by atoms with E-state index in [1.807, 2.05) is 0 Å². The lowest BCUT2D eigenvalue weighted by Crippen LogP contribution is -2.33. The molecule has 7 heteroatoms. The van der Waals surface area contributed by atoms with Crippen molar-refractivity contribution in [2.24, 2.45) is 0 Å². The van der Waals surface area contributed by atoms with Gasteiger partial charge in [0.05, 0.1) is 4.90 Å². The van der Waals surface area contributed by atoms with Gasteiger partial charge < -0.3 is 4.74 Å². The number of sulfone groups is 1. The second-order valence-corrected chi connectivity index (χ2v) is 5.93. The molecule has 0 spiro atoms. The van der Waals surface area contributed by atoms with E-state index in [1.54, 1.807) is 0 Å². The molecule has 0 bridgehead atoms. The summed E-state index contributed by atoms with van der Waals surface area (Å²) in [4.78, 5) is 0.0416. The maximum Gasteiger partial charge on any atom is 0.429 e. The van der Waals surface area contributed by atoms with Gasteiger partial charge in [0.1, 0.15) is 5.75 Å². The summed E-state index contributed by atoms with van der Waals surface area (Å²) < 4.78 is 64.6. The molecule has 1 atom stereocenters. The molecule has 0 aromatic heterocycles. The van der Waals surface area contributed by atoms with Gasteiger partial charge in [0.25, 0.3) is 0 Å². The Hall–Kier alpha value is -1.50. The summed E-state index contributed by atoms with van der Waals surface area (Å²) in [6, 6.07) is 3.74. The quantitative estimate of drug-likeness (QED) is 0.792. The summed E-state index contributed by atoms with van der Waals surface area (Å²) in [6.07, 6.45) is -3.38. The van der Waals surface area contributed by atoms with Crippen LogP contribution in [0.25, 0.3) is 6.08 Å². The molecule has 0 saturated carbocycles. The Morgan fingerprint density at radius 3 is 2.50 bits per heavy atom. The fourth-order valence-electron chi connectivity index (χ4n) is 1.54. The molecule has 1 heterocycles. The Morgan fingerprint density at radius 2 is 1.94 bits per heavy atom. The van der Waals surface area contributed by atoms with Crippen molar-refractivity contribution in [1.29, 1.82) is 0 Å². The molecule has 0 aliphatic carbocycles. The first-order valence-electron chi connectivity index (χ1n) is 4.93. The summed E-state index contributed by atoms with van der Waals surface area (Å²) in [5.74, 6) is 0.0206. The van der Waals surface area contributed by atoms with Crippen LogP contribution < -0.4 is 4.74 Å². The molecule has 3 nitrogen and oxygen atoms in total. The van der Waals surface area contributed by atoms with Crippen LogP contribution in [-0.2, 0) is 9.84 Å². The molecule has 0 saturated heterocycles. The Bertz CT molecular complexity index is 602. The summed E-state index contributed by atoms with van der Waals surface area (Å²) in [7, 11) is -3.39. The van der Waals surface area contributed by atoms with Crippen molar-refractivity contribution < 1.29 is 26.3 Å². The van der Waals surface area contributed by atoms with Gasteiger partial charge in [0.15, 0.2) is 9.84 Å². The number of hydrogen-bond donors (Lipinski definition) is 0. The van der Waals surface area contributed by atoms with Crippen LogP contribution in [0, 0.1) is 0 Å². The van der Waals surface area contributed by atoms with Crippen molar-refractivity contribution in [2.45, 2.75) is 17.2 Å². The van der Waals surface area contributed by atoms with E-state index in [-0.39, 0.29) is 10.6 Å². The van der Waals surface area contributed by atoms with Crippen molar-refractivity contribution in [3.8, 4) is 5.75 Å². The van der Waals surface area contributed by atoms with Crippen LogP contribution >= 0.6 is 0 Å².